The highest BCUT2D eigenvalue weighted by Crippen LogP contribution is 2.44. The highest BCUT2D eigenvalue weighted by atomic mass is 15.1. The molecule has 0 amide bonds. The van der Waals surface area contributed by atoms with Crippen LogP contribution in [0.15, 0.2) is 176 Å². The van der Waals surface area contributed by atoms with Crippen LogP contribution in [0.25, 0.3) is 54.6 Å². The van der Waals surface area contributed by atoms with Crippen LogP contribution in [0.4, 0.5) is 17.1 Å². The summed E-state index contributed by atoms with van der Waals surface area (Å²) < 4.78 is 0. The van der Waals surface area contributed by atoms with Gasteiger partial charge in [0.05, 0.1) is 5.69 Å². The van der Waals surface area contributed by atoms with E-state index in [9.17, 15) is 0 Å². The predicted molar refractivity (Wildman–Crippen MR) is 185 cm³/mol. The highest BCUT2D eigenvalue weighted by Gasteiger charge is 2.19. The lowest BCUT2D eigenvalue weighted by Crippen LogP contribution is -2.11. The SMILES string of the molecule is c1ccc(N(c2ccc(-c3cccc4ccccc34)cc2)c2ccccc2-c2cc3ccccc3c3ccccc23)cc1. The van der Waals surface area contributed by atoms with Gasteiger partial charge in [-0.25, -0.2) is 0 Å². The van der Waals surface area contributed by atoms with Gasteiger partial charge in [-0.3, -0.25) is 0 Å². The van der Waals surface area contributed by atoms with E-state index < -0.39 is 0 Å². The van der Waals surface area contributed by atoms with E-state index in [0.29, 0.717) is 0 Å². The molecule has 0 N–H and O–H groups in total. The summed E-state index contributed by atoms with van der Waals surface area (Å²) in [5.41, 5.74) is 8.28. The lowest BCUT2D eigenvalue weighted by atomic mass is 9.92. The normalized spacial score (nSPS) is 11.3. The molecule has 0 aliphatic heterocycles. The Morgan fingerprint density at radius 3 is 1.67 bits per heavy atom. The van der Waals surface area contributed by atoms with Crippen molar-refractivity contribution >= 4 is 49.4 Å². The van der Waals surface area contributed by atoms with Crippen molar-refractivity contribution in [1.82, 2.24) is 0 Å². The summed E-state index contributed by atoms with van der Waals surface area (Å²) in [7, 11) is 0. The molecule has 8 rings (SSSR count). The van der Waals surface area contributed by atoms with Crippen LogP contribution in [0.5, 0.6) is 0 Å². The molecular formula is C42H29N. The fourth-order valence-electron chi connectivity index (χ4n) is 6.44. The van der Waals surface area contributed by atoms with Gasteiger partial charge in [-0.05, 0) is 85.4 Å². The molecule has 0 saturated carbocycles. The van der Waals surface area contributed by atoms with Crippen molar-refractivity contribution in [3.05, 3.63) is 176 Å². The Kier molecular flexibility index (Phi) is 6.20. The van der Waals surface area contributed by atoms with Crippen molar-refractivity contribution < 1.29 is 0 Å². The number of rotatable bonds is 5. The van der Waals surface area contributed by atoms with E-state index in [4.69, 9.17) is 0 Å². The van der Waals surface area contributed by atoms with Crippen molar-refractivity contribution in [2.75, 3.05) is 4.90 Å². The molecule has 1 heteroatoms. The predicted octanol–water partition coefficient (Wildman–Crippen LogP) is 11.9. The number of benzene rings is 8. The van der Waals surface area contributed by atoms with Crippen LogP contribution in [0.1, 0.15) is 0 Å². The topological polar surface area (TPSA) is 3.24 Å². The molecule has 0 fully saturated rings. The van der Waals surface area contributed by atoms with Crippen LogP contribution in [-0.2, 0) is 0 Å². The summed E-state index contributed by atoms with van der Waals surface area (Å²) in [4.78, 5) is 2.38. The molecule has 202 valence electrons. The maximum Gasteiger partial charge on any atom is 0.0540 e. The second-order valence-corrected chi connectivity index (χ2v) is 11.0. The Morgan fingerprint density at radius 1 is 0.302 bits per heavy atom. The molecule has 1 nitrogen and oxygen atoms in total. The Bertz CT molecular complexity index is 2220. The fraction of sp³-hybridized carbons (Fsp3) is 0. The fourth-order valence-corrected chi connectivity index (χ4v) is 6.44. The van der Waals surface area contributed by atoms with Gasteiger partial charge in [-0.2, -0.15) is 0 Å². The zero-order valence-corrected chi connectivity index (χ0v) is 23.7. The van der Waals surface area contributed by atoms with E-state index in [1.807, 2.05) is 0 Å². The van der Waals surface area contributed by atoms with E-state index in [1.165, 1.54) is 54.6 Å². The van der Waals surface area contributed by atoms with E-state index in [0.717, 1.165) is 17.1 Å². The first-order chi connectivity index (χ1) is 21.3. The van der Waals surface area contributed by atoms with Crippen molar-refractivity contribution in [2.24, 2.45) is 0 Å². The van der Waals surface area contributed by atoms with E-state index in [-0.39, 0.29) is 0 Å². The second-order valence-electron chi connectivity index (χ2n) is 11.0. The largest absolute Gasteiger partial charge is 0.310 e. The summed E-state index contributed by atoms with van der Waals surface area (Å²) in [5.74, 6) is 0. The number of anilines is 3. The summed E-state index contributed by atoms with van der Waals surface area (Å²) in [6.45, 7) is 0. The minimum absolute atomic E-state index is 1.12. The van der Waals surface area contributed by atoms with Crippen LogP contribution in [0.2, 0.25) is 0 Å². The maximum absolute atomic E-state index is 2.38. The molecule has 0 aliphatic carbocycles. The quantitative estimate of drug-likeness (QED) is 0.194. The van der Waals surface area contributed by atoms with Gasteiger partial charge >= 0.3 is 0 Å². The van der Waals surface area contributed by atoms with E-state index in [2.05, 4.69) is 181 Å². The minimum Gasteiger partial charge on any atom is -0.310 e. The monoisotopic (exact) mass is 547 g/mol. The first-order valence-electron chi connectivity index (χ1n) is 14.8. The Labute approximate surface area is 251 Å². The molecule has 0 radical (unpaired) electrons. The third kappa shape index (κ3) is 4.43. The van der Waals surface area contributed by atoms with Gasteiger partial charge in [0.25, 0.3) is 0 Å². The number of para-hydroxylation sites is 2. The smallest absolute Gasteiger partial charge is 0.0540 e. The average molecular weight is 548 g/mol. The Morgan fingerprint density at radius 2 is 0.860 bits per heavy atom. The Hall–Kier alpha value is -5.66. The van der Waals surface area contributed by atoms with E-state index >= 15 is 0 Å². The third-order valence-corrected chi connectivity index (χ3v) is 8.44. The molecule has 8 aromatic rings. The summed E-state index contributed by atoms with van der Waals surface area (Å²) in [6.07, 6.45) is 0. The van der Waals surface area contributed by atoms with Crippen LogP contribution in [-0.4, -0.2) is 0 Å². The zero-order chi connectivity index (χ0) is 28.6. The van der Waals surface area contributed by atoms with Gasteiger partial charge in [0, 0.05) is 16.9 Å². The van der Waals surface area contributed by atoms with Crippen LogP contribution in [0, 0.1) is 0 Å². The first kappa shape index (κ1) is 25.1. The molecular weight excluding hydrogens is 518 g/mol. The number of nitrogens with zero attached hydrogens (tertiary/aromatic N) is 1. The number of hydrogen-bond donors (Lipinski definition) is 0. The van der Waals surface area contributed by atoms with Crippen molar-refractivity contribution in [3.8, 4) is 22.3 Å². The van der Waals surface area contributed by atoms with Gasteiger partial charge in [-0.1, -0.05) is 140 Å². The van der Waals surface area contributed by atoms with Crippen LogP contribution >= 0.6 is 0 Å². The van der Waals surface area contributed by atoms with Gasteiger partial charge in [-0.15, -0.1) is 0 Å². The molecule has 0 spiro atoms. The lowest BCUT2D eigenvalue weighted by Gasteiger charge is -2.28. The standard InChI is InChI=1S/C42H29N/c1-2-16-33(17-3-1)43(34-27-25-31(26-28-34)36-23-12-15-30-13-4-6-18-35(30)36)42-24-11-10-22-40(42)41-29-32-14-5-7-19-37(32)38-20-8-9-21-39(38)41/h1-29H. The molecule has 0 heterocycles. The summed E-state index contributed by atoms with van der Waals surface area (Å²) in [6, 6.07) is 63.4. The molecule has 0 bridgehead atoms. The second kappa shape index (κ2) is 10.6. The average Bonchev–Trinajstić information content (AvgIpc) is 3.09. The molecule has 0 saturated heterocycles. The molecule has 8 aromatic carbocycles. The molecule has 43 heavy (non-hydrogen) atoms. The third-order valence-electron chi connectivity index (χ3n) is 8.44. The Balaban J connectivity index is 1.32. The van der Waals surface area contributed by atoms with Gasteiger partial charge < -0.3 is 4.90 Å². The van der Waals surface area contributed by atoms with E-state index in [1.54, 1.807) is 0 Å². The van der Waals surface area contributed by atoms with Gasteiger partial charge in [0.2, 0.25) is 0 Å². The summed E-state index contributed by atoms with van der Waals surface area (Å²) >= 11 is 0. The zero-order valence-electron chi connectivity index (χ0n) is 23.7. The lowest BCUT2D eigenvalue weighted by molar-refractivity contribution is 1.28. The maximum atomic E-state index is 2.38. The van der Waals surface area contributed by atoms with Crippen molar-refractivity contribution in [2.45, 2.75) is 0 Å². The number of hydrogen-bond acceptors (Lipinski definition) is 1. The highest BCUT2D eigenvalue weighted by molar-refractivity contribution is 6.15. The molecule has 0 aromatic heterocycles. The number of fused-ring (bicyclic) bond motifs is 4. The minimum atomic E-state index is 1.12. The van der Waals surface area contributed by atoms with Crippen molar-refractivity contribution in [3.63, 3.8) is 0 Å². The molecule has 0 unspecified atom stereocenters. The summed E-state index contributed by atoms with van der Waals surface area (Å²) in [5, 5.41) is 7.58. The molecule has 0 aliphatic rings. The van der Waals surface area contributed by atoms with Crippen LogP contribution in [0.3, 0.4) is 0 Å². The first-order valence-corrected chi connectivity index (χ1v) is 14.8. The molecule has 0 atom stereocenters. The van der Waals surface area contributed by atoms with Crippen LogP contribution < -0.4 is 4.90 Å². The van der Waals surface area contributed by atoms with Gasteiger partial charge in [0.1, 0.15) is 0 Å². The van der Waals surface area contributed by atoms with Crippen molar-refractivity contribution in [1.29, 1.82) is 0 Å². The van der Waals surface area contributed by atoms with Gasteiger partial charge in [0.15, 0.2) is 0 Å².